The number of hydrogen-bond donors (Lipinski definition) is 0. The number of esters is 1. The fourth-order valence-electron chi connectivity index (χ4n) is 4.30. The van der Waals surface area contributed by atoms with Gasteiger partial charge in [0.1, 0.15) is 11.5 Å². The Morgan fingerprint density at radius 3 is 2.69 bits per heavy atom. The number of nitrogens with zero attached hydrogens (tertiary/aromatic N) is 1. The Balaban J connectivity index is 1.28. The third kappa shape index (κ3) is 4.29. The lowest BCUT2D eigenvalue weighted by Crippen LogP contribution is -2.33. The van der Waals surface area contributed by atoms with Gasteiger partial charge in [-0.05, 0) is 61.9 Å². The molecule has 2 aromatic carbocycles. The molecule has 1 saturated heterocycles. The second kappa shape index (κ2) is 8.27. The summed E-state index contributed by atoms with van der Waals surface area (Å²) in [6, 6.07) is 11.7. The van der Waals surface area contributed by atoms with E-state index in [1.165, 1.54) is 5.69 Å². The van der Waals surface area contributed by atoms with E-state index in [9.17, 15) is 9.59 Å². The molecule has 5 nitrogen and oxygen atoms in total. The third-order valence-electron chi connectivity index (χ3n) is 6.09. The van der Waals surface area contributed by atoms with Crippen LogP contribution in [-0.4, -0.2) is 32.0 Å². The molecule has 0 spiro atoms. The summed E-state index contributed by atoms with van der Waals surface area (Å²) in [7, 11) is 1.70. The first-order valence-electron chi connectivity index (χ1n) is 10.3. The molecule has 0 radical (unpaired) electrons. The molecule has 2 aliphatic heterocycles. The number of anilines is 1. The molecule has 0 aliphatic carbocycles. The number of rotatable bonds is 6. The van der Waals surface area contributed by atoms with Crippen LogP contribution in [-0.2, 0) is 11.2 Å². The first kappa shape index (κ1) is 19.5. The molecule has 0 unspecified atom stereocenters. The zero-order chi connectivity index (χ0) is 20.4. The van der Waals surface area contributed by atoms with Gasteiger partial charge in [0.25, 0.3) is 0 Å². The zero-order valence-electron chi connectivity index (χ0n) is 17.1. The molecule has 0 N–H and O–H groups in total. The Hall–Kier alpha value is -2.82. The van der Waals surface area contributed by atoms with Crippen molar-refractivity contribution in [1.29, 1.82) is 0 Å². The highest BCUT2D eigenvalue weighted by Gasteiger charge is 2.23. The van der Waals surface area contributed by atoms with Gasteiger partial charge in [-0.3, -0.25) is 9.59 Å². The summed E-state index contributed by atoms with van der Waals surface area (Å²) in [6.45, 7) is 4.10. The fourth-order valence-corrected chi connectivity index (χ4v) is 4.30. The van der Waals surface area contributed by atoms with E-state index in [2.05, 4.69) is 24.0 Å². The van der Waals surface area contributed by atoms with Crippen LogP contribution in [0.15, 0.2) is 36.4 Å². The summed E-state index contributed by atoms with van der Waals surface area (Å²) in [4.78, 5) is 26.4. The average Bonchev–Trinajstić information content (AvgIpc) is 3.11. The second-order valence-electron chi connectivity index (χ2n) is 8.02. The smallest absolute Gasteiger partial charge is 0.315 e. The highest BCUT2D eigenvalue weighted by molar-refractivity contribution is 5.97. The highest BCUT2D eigenvalue weighted by atomic mass is 16.5. The number of ketones is 1. The van der Waals surface area contributed by atoms with Gasteiger partial charge < -0.3 is 14.4 Å². The van der Waals surface area contributed by atoms with Crippen molar-refractivity contribution in [2.24, 2.45) is 5.92 Å². The summed E-state index contributed by atoms with van der Waals surface area (Å²) in [5.74, 6) is 1.92. The molecule has 5 heteroatoms. The van der Waals surface area contributed by atoms with Crippen LogP contribution in [0, 0.1) is 12.8 Å². The molecule has 4 rings (SSSR count). The van der Waals surface area contributed by atoms with Crippen LogP contribution in [0.5, 0.6) is 11.5 Å². The van der Waals surface area contributed by atoms with E-state index in [4.69, 9.17) is 9.47 Å². The summed E-state index contributed by atoms with van der Waals surface area (Å²) in [5.41, 5.74) is 3.90. The molecule has 0 bridgehead atoms. The summed E-state index contributed by atoms with van der Waals surface area (Å²) < 4.78 is 10.5. The van der Waals surface area contributed by atoms with Crippen molar-refractivity contribution >= 4 is 17.4 Å². The molecule has 152 valence electrons. The second-order valence-corrected chi connectivity index (χ2v) is 8.02. The normalized spacial score (nSPS) is 16.5. The van der Waals surface area contributed by atoms with Crippen molar-refractivity contribution in [2.45, 2.75) is 39.0 Å². The van der Waals surface area contributed by atoms with Crippen LogP contribution in [0.25, 0.3) is 0 Å². The van der Waals surface area contributed by atoms with Gasteiger partial charge >= 0.3 is 5.97 Å². The number of aryl methyl sites for hydroxylation is 1. The van der Waals surface area contributed by atoms with Gasteiger partial charge in [-0.15, -0.1) is 0 Å². The SMILES string of the molecule is COc1ccc(N2CCC(CCC(=O)c3ccc4c(c3)OC(=O)C4)CC2)cc1C. The fraction of sp³-hybridized carbons (Fsp3) is 0.417. The van der Waals surface area contributed by atoms with E-state index < -0.39 is 0 Å². The Labute approximate surface area is 171 Å². The van der Waals surface area contributed by atoms with Gasteiger partial charge in [0.15, 0.2) is 5.78 Å². The Morgan fingerprint density at radius 2 is 1.97 bits per heavy atom. The number of methoxy groups -OCH3 is 1. The summed E-state index contributed by atoms with van der Waals surface area (Å²) in [6.07, 6.45) is 3.95. The maximum Gasteiger partial charge on any atom is 0.315 e. The lowest BCUT2D eigenvalue weighted by molar-refractivity contribution is -0.131. The van der Waals surface area contributed by atoms with Gasteiger partial charge in [0.2, 0.25) is 0 Å². The van der Waals surface area contributed by atoms with Crippen molar-refractivity contribution in [3.8, 4) is 11.5 Å². The minimum atomic E-state index is -0.247. The topological polar surface area (TPSA) is 55.8 Å². The molecular weight excluding hydrogens is 366 g/mol. The molecule has 0 amide bonds. The van der Waals surface area contributed by atoms with Crippen molar-refractivity contribution in [1.82, 2.24) is 0 Å². The van der Waals surface area contributed by atoms with Crippen LogP contribution in [0.2, 0.25) is 0 Å². The molecule has 0 aromatic heterocycles. The maximum atomic E-state index is 12.6. The van der Waals surface area contributed by atoms with Crippen molar-refractivity contribution in [3.05, 3.63) is 53.1 Å². The van der Waals surface area contributed by atoms with E-state index in [0.29, 0.717) is 30.1 Å². The van der Waals surface area contributed by atoms with Crippen LogP contribution in [0.1, 0.15) is 47.2 Å². The van der Waals surface area contributed by atoms with E-state index in [1.807, 2.05) is 18.2 Å². The van der Waals surface area contributed by atoms with Crippen molar-refractivity contribution in [2.75, 3.05) is 25.1 Å². The first-order chi connectivity index (χ1) is 14.0. The zero-order valence-corrected chi connectivity index (χ0v) is 17.1. The number of benzene rings is 2. The lowest BCUT2D eigenvalue weighted by atomic mass is 9.90. The van der Waals surface area contributed by atoms with Gasteiger partial charge in [-0.2, -0.15) is 0 Å². The molecule has 1 fully saturated rings. The van der Waals surface area contributed by atoms with E-state index in [0.717, 1.165) is 49.2 Å². The summed E-state index contributed by atoms with van der Waals surface area (Å²) in [5, 5.41) is 0. The molecular formula is C24H27NO4. The quantitative estimate of drug-likeness (QED) is 0.415. The minimum absolute atomic E-state index is 0.129. The number of ether oxygens (including phenoxy) is 2. The van der Waals surface area contributed by atoms with E-state index in [1.54, 1.807) is 13.2 Å². The van der Waals surface area contributed by atoms with Gasteiger partial charge in [0, 0.05) is 36.3 Å². The van der Waals surface area contributed by atoms with Crippen LogP contribution < -0.4 is 14.4 Å². The largest absolute Gasteiger partial charge is 0.496 e. The van der Waals surface area contributed by atoms with Gasteiger partial charge in [-0.25, -0.2) is 0 Å². The van der Waals surface area contributed by atoms with E-state index in [-0.39, 0.29) is 11.8 Å². The lowest BCUT2D eigenvalue weighted by Gasteiger charge is -2.34. The minimum Gasteiger partial charge on any atom is -0.496 e. The van der Waals surface area contributed by atoms with E-state index >= 15 is 0 Å². The molecule has 2 aliphatic rings. The monoisotopic (exact) mass is 393 g/mol. The van der Waals surface area contributed by atoms with Crippen LogP contribution in [0.4, 0.5) is 5.69 Å². The number of Topliss-reactive ketones (excluding diaryl/α,β-unsaturated/α-hetero) is 1. The van der Waals surface area contributed by atoms with Crippen LogP contribution in [0.3, 0.4) is 0 Å². The predicted octanol–water partition coefficient (Wildman–Crippen LogP) is 4.34. The Morgan fingerprint density at radius 1 is 1.17 bits per heavy atom. The number of hydrogen-bond acceptors (Lipinski definition) is 5. The standard InChI is InChI=1S/C24H27NO4/c1-16-13-20(6-8-22(16)28-2)25-11-9-17(10-12-25)3-7-21(26)18-4-5-19-15-24(27)29-23(19)14-18/h4-6,8,13-14,17H,3,7,9-12,15H2,1-2H3. The first-order valence-corrected chi connectivity index (χ1v) is 10.3. The average molecular weight is 393 g/mol. The molecule has 0 atom stereocenters. The van der Waals surface area contributed by atoms with Gasteiger partial charge in [-0.1, -0.05) is 12.1 Å². The number of carbonyl (C=O) groups is 2. The predicted molar refractivity (Wildman–Crippen MR) is 112 cm³/mol. The highest BCUT2D eigenvalue weighted by Crippen LogP contribution is 2.31. The molecule has 2 aromatic rings. The number of piperidine rings is 1. The Kier molecular flexibility index (Phi) is 5.56. The van der Waals surface area contributed by atoms with Crippen molar-refractivity contribution < 1.29 is 19.1 Å². The summed E-state index contributed by atoms with van der Waals surface area (Å²) >= 11 is 0. The van der Waals surface area contributed by atoms with Gasteiger partial charge in [0.05, 0.1) is 13.5 Å². The third-order valence-corrected chi connectivity index (χ3v) is 6.09. The van der Waals surface area contributed by atoms with Crippen LogP contribution >= 0.6 is 0 Å². The molecule has 0 saturated carbocycles. The Bertz CT molecular complexity index is 928. The number of carbonyl (C=O) groups excluding carboxylic acids is 2. The van der Waals surface area contributed by atoms with Crippen molar-refractivity contribution in [3.63, 3.8) is 0 Å². The molecule has 2 heterocycles. The number of fused-ring (bicyclic) bond motifs is 1. The molecule has 29 heavy (non-hydrogen) atoms. The maximum absolute atomic E-state index is 12.6.